The molecule has 0 N–H and O–H groups in total. The quantitative estimate of drug-likeness (QED) is 0.415. The van der Waals surface area contributed by atoms with Gasteiger partial charge in [0.05, 0.1) is 0 Å². The molecule has 0 amide bonds. The van der Waals surface area contributed by atoms with E-state index in [1.165, 1.54) is 11.8 Å². The molecule has 1 aromatic carbocycles. The van der Waals surface area contributed by atoms with Gasteiger partial charge in [-0.1, -0.05) is 0 Å². The molecule has 1 saturated heterocycles. The molecular weight excluding hydrogens is 247 g/mol. The van der Waals surface area contributed by atoms with Gasteiger partial charge in [0.1, 0.15) is 0 Å². The molecule has 16 heavy (non-hydrogen) atoms. The summed E-state index contributed by atoms with van der Waals surface area (Å²) in [6, 6.07) is 0. The van der Waals surface area contributed by atoms with Crippen LogP contribution in [0, 0.1) is 29.1 Å². The first kappa shape index (κ1) is 11.7. The second-order valence-corrected chi connectivity index (χ2v) is 4.80. The van der Waals surface area contributed by atoms with Gasteiger partial charge in [0.25, 0.3) is 0 Å². The highest BCUT2D eigenvalue weighted by atomic mass is 32.2. The summed E-state index contributed by atoms with van der Waals surface area (Å²) in [6.45, 7) is 0. The van der Waals surface area contributed by atoms with Crippen molar-refractivity contribution in [3.63, 3.8) is 0 Å². The van der Waals surface area contributed by atoms with E-state index in [-0.39, 0.29) is 0 Å². The van der Waals surface area contributed by atoms with Crippen molar-refractivity contribution in [3.05, 3.63) is 34.6 Å². The van der Waals surface area contributed by atoms with Gasteiger partial charge in [0.15, 0.2) is 23.3 Å². The molecule has 1 aliphatic rings. The van der Waals surface area contributed by atoms with Crippen LogP contribution in [0.15, 0.2) is 0 Å². The van der Waals surface area contributed by atoms with E-state index in [4.69, 9.17) is 0 Å². The Kier molecular flexibility index (Phi) is 3.10. The minimum Gasteiger partial charge on any atom is -0.203 e. The highest BCUT2D eigenvalue weighted by Crippen LogP contribution is 2.43. The minimum absolute atomic E-state index is 0.434. The van der Waals surface area contributed by atoms with Crippen molar-refractivity contribution in [2.45, 2.75) is 18.1 Å². The predicted octanol–water partition coefficient (Wildman–Crippen LogP) is 3.95. The van der Waals surface area contributed by atoms with Gasteiger partial charge in [-0.2, -0.15) is 11.8 Å². The molecule has 0 bridgehead atoms. The third-order valence-electron chi connectivity index (χ3n) is 2.50. The van der Waals surface area contributed by atoms with E-state index in [1.54, 1.807) is 0 Å². The zero-order chi connectivity index (χ0) is 11.9. The van der Waals surface area contributed by atoms with Crippen molar-refractivity contribution in [1.29, 1.82) is 0 Å². The molecule has 1 atom stereocenters. The molecule has 0 nitrogen and oxygen atoms in total. The van der Waals surface area contributed by atoms with Crippen LogP contribution in [-0.4, -0.2) is 5.75 Å². The summed E-state index contributed by atoms with van der Waals surface area (Å²) in [6.07, 6.45) is 1.15. The molecule has 0 aromatic heterocycles. The van der Waals surface area contributed by atoms with Crippen LogP contribution in [0.25, 0.3) is 0 Å². The summed E-state index contributed by atoms with van der Waals surface area (Å²) in [5, 5.41) is -0.635. The number of hydrogen-bond acceptors (Lipinski definition) is 1. The van der Waals surface area contributed by atoms with Crippen molar-refractivity contribution in [1.82, 2.24) is 0 Å². The molecule has 0 saturated carbocycles. The average molecular weight is 254 g/mol. The molecule has 1 heterocycles. The standard InChI is InChI=1S/C10H7F5S/c11-6-5(4-2-1-3-16-4)7(12)9(14)10(15)8(6)13/h4H,1-3H2. The molecule has 2 rings (SSSR count). The van der Waals surface area contributed by atoms with E-state index in [1.807, 2.05) is 0 Å². The molecule has 6 heteroatoms. The maximum atomic E-state index is 13.3. The summed E-state index contributed by atoms with van der Waals surface area (Å²) in [4.78, 5) is 0. The Bertz CT molecular complexity index is 397. The van der Waals surface area contributed by atoms with E-state index >= 15 is 0 Å². The fourth-order valence-corrected chi connectivity index (χ4v) is 3.03. The van der Waals surface area contributed by atoms with Gasteiger partial charge in [-0.15, -0.1) is 0 Å². The van der Waals surface area contributed by atoms with Crippen LogP contribution in [-0.2, 0) is 0 Å². The SMILES string of the molecule is Fc1c(F)c(F)c(C2CCCS2)c(F)c1F. The van der Waals surface area contributed by atoms with Gasteiger partial charge < -0.3 is 0 Å². The van der Waals surface area contributed by atoms with Crippen molar-refractivity contribution < 1.29 is 22.0 Å². The summed E-state index contributed by atoms with van der Waals surface area (Å²) >= 11 is 1.21. The fraction of sp³-hybridized carbons (Fsp3) is 0.400. The molecule has 0 aliphatic carbocycles. The molecule has 0 radical (unpaired) electrons. The Hall–Kier alpha value is -0.780. The lowest BCUT2D eigenvalue weighted by Crippen LogP contribution is -2.08. The Morgan fingerprint density at radius 1 is 0.812 bits per heavy atom. The number of thioether (sulfide) groups is 1. The molecule has 1 aliphatic heterocycles. The molecule has 1 fully saturated rings. The summed E-state index contributed by atoms with van der Waals surface area (Å²) < 4.78 is 65.2. The maximum Gasteiger partial charge on any atom is 0.200 e. The molecule has 88 valence electrons. The normalized spacial score (nSPS) is 20.4. The minimum atomic E-state index is -2.10. The zero-order valence-electron chi connectivity index (χ0n) is 8.00. The lowest BCUT2D eigenvalue weighted by molar-refractivity contribution is 0.369. The van der Waals surface area contributed by atoms with Gasteiger partial charge in [0, 0.05) is 10.8 Å². The Labute approximate surface area is 92.8 Å². The first-order valence-corrected chi connectivity index (χ1v) is 5.71. The first-order chi connectivity index (χ1) is 7.54. The summed E-state index contributed by atoms with van der Waals surface area (Å²) in [5.41, 5.74) is -0.682. The van der Waals surface area contributed by atoms with Crippen LogP contribution in [0.5, 0.6) is 0 Å². The van der Waals surface area contributed by atoms with Gasteiger partial charge in [-0.25, -0.2) is 22.0 Å². The van der Waals surface area contributed by atoms with Gasteiger partial charge in [-0.05, 0) is 18.6 Å². The third-order valence-corrected chi connectivity index (χ3v) is 3.89. The molecule has 0 spiro atoms. The Morgan fingerprint density at radius 3 is 1.75 bits per heavy atom. The number of hydrogen-bond donors (Lipinski definition) is 0. The molecule has 1 aromatic rings. The first-order valence-electron chi connectivity index (χ1n) is 4.67. The Morgan fingerprint density at radius 2 is 1.31 bits per heavy atom. The topological polar surface area (TPSA) is 0 Å². The van der Waals surface area contributed by atoms with E-state index in [0.29, 0.717) is 12.2 Å². The van der Waals surface area contributed by atoms with Crippen LogP contribution in [0.1, 0.15) is 23.7 Å². The summed E-state index contributed by atoms with van der Waals surface area (Å²) in [7, 11) is 0. The third kappa shape index (κ3) is 1.69. The van der Waals surface area contributed by atoms with Gasteiger partial charge in [0.2, 0.25) is 5.82 Å². The lowest BCUT2D eigenvalue weighted by Gasteiger charge is -2.12. The second-order valence-electron chi connectivity index (χ2n) is 3.49. The van der Waals surface area contributed by atoms with E-state index in [9.17, 15) is 22.0 Å². The number of rotatable bonds is 1. The van der Waals surface area contributed by atoms with E-state index < -0.39 is 39.9 Å². The van der Waals surface area contributed by atoms with Crippen LogP contribution in [0.2, 0.25) is 0 Å². The highest BCUT2D eigenvalue weighted by Gasteiger charge is 2.31. The van der Waals surface area contributed by atoms with Crippen LogP contribution in [0.3, 0.4) is 0 Å². The predicted molar refractivity (Wildman–Crippen MR) is 50.7 cm³/mol. The summed E-state index contributed by atoms with van der Waals surface area (Å²) in [5.74, 6) is -8.54. The number of benzene rings is 1. The van der Waals surface area contributed by atoms with Crippen LogP contribution < -0.4 is 0 Å². The second kappa shape index (κ2) is 4.24. The highest BCUT2D eigenvalue weighted by molar-refractivity contribution is 7.99. The zero-order valence-corrected chi connectivity index (χ0v) is 8.81. The van der Waals surface area contributed by atoms with Crippen molar-refractivity contribution in [2.24, 2.45) is 0 Å². The number of halogens is 5. The molecular formula is C10H7F5S. The van der Waals surface area contributed by atoms with Crippen LogP contribution >= 0.6 is 11.8 Å². The van der Waals surface area contributed by atoms with Crippen molar-refractivity contribution in [3.8, 4) is 0 Å². The van der Waals surface area contributed by atoms with Gasteiger partial charge in [-0.3, -0.25) is 0 Å². The average Bonchev–Trinajstić information content (AvgIpc) is 2.77. The monoisotopic (exact) mass is 254 g/mol. The van der Waals surface area contributed by atoms with Crippen molar-refractivity contribution >= 4 is 11.8 Å². The lowest BCUT2D eigenvalue weighted by atomic mass is 10.1. The molecule has 1 unspecified atom stereocenters. The van der Waals surface area contributed by atoms with E-state index in [0.717, 1.165) is 6.42 Å². The van der Waals surface area contributed by atoms with Gasteiger partial charge >= 0.3 is 0 Å². The largest absolute Gasteiger partial charge is 0.203 e. The maximum absolute atomic E-state index is 13.3. The van der Waals surface area contributed by atoms with Crippen molar-refractivity contribution in [2.75, 3.05) is 5.75 Å². The van der Waals surface area contributed by atoms with Crippen LogP contribution in [0.4, 0.5) is 22.0 Å². The smallest absolute Gasteiger partial charge is 0.200 e. The Balaban J connectivity index is 2.59. The van der Waals surface area contributed by atoms with E-state index in [2.05, 4.69) is 0 Å². The fourth-order valence-electron chi connectivity index (χ4n) is 1.71.